The number of carbonyl (C=O) groups is 1. The molecule has 2 aliphatic heterocycles. The van der Waals surface area contributed by atoms with E-state index in [4.69, 9.17) is 4.74 Å². The van der Waals surface area contributed by atoms with Crippen LogP contribution >= 0.6 is 0 Å². The summed E-state index contributed by atoms with van der Waals surface area (Å²) in [5.41, 5.74) is 3.86. The molecule has 3 aromatic carbocycles. The molecule has 8 nitrogen and oxygen atoms in total. The van der Waals surface area contributed by atoms with E-state index in [-0.39, 0.29) is 29.4 Å². The summed E-state index contributed by atoms with van der Waals surface area (Å²) in [7, 11) is 1.63. The number of non-ortho nitro benzene ring substituents is 1. The van der Waals surface area contributed by atoms with Crippen LogP contribution in [-0.4, -0.2) is 55.1 Å². The van der Waals surface area contributed by atoms with Gasteiger partial charge in [0.05, 0.1) is 24.0 Å². The molecule has 1 amide bonds. The summed E-state index contributed by atoms with van der Waals surface area (Å²) in [6.07, 6.45) is 1.07. The summed E-state index contributed by atoms with van der Waals surface area (Å²) in [6, 6.07) is 19.1. The summed E-state index contributed by atoms with van der Waals surface area (Å²) < 4.78 is 18.8. The van der Waals surface area contributed by atoms with Crippen molar-refractivity contribution in [3.63, 3.8) is 0 Å². The third-order valence-electron chi connectivity index (χ3n) is 7.53. The number of ether oxygens (including phenoxy) is 1. The summed E-state index contributed by atoms with van der Waals surface area (Å²) in [5.74, 6) is 0.103. The van der Waals surface area contributed by atoms with Gasteiger partial charge in [0.1, 0.15) is 11.6 Å². The molecule has 5 rings (SSSR count). The number of benzene rings is 3. The minimum atomic E-state index is -0.394. The van der Waals surface area contributed by atoms with Crippen molar-refractivity contribution in [3.8, 4) is 5.75 Å². The topological polar surface area (TPSA) is 87.9 Å². The number of piperazine rings is 1. The molecule has 0 aromatic heterocycles. The van der Waals surface area contributed by atoms with E-state index in [1.54, 1.807) is 25.3 Å². The highest BCUT2D eigenvalue weighted by atomic mass is 19.1. The Morgan fingerprint density at radius 3 is 2.68 bits per heavy atom. The predicted octanol–water partition coefficient (Wildman–Crippen LogP) is 3.96. The maximum absolute atomic E-state index is 13.6. The Kier molecular flexibility index (Phi) is 7.55. The first-order valence-corrected chi connectivity index (χ1v) is 12.8. The molecule has 0 spiro atoms. The van der Waals surface area contributed by atoms with Crippen molar-refractivity contribution < 1.29 is 18.8 Å². The van der Waals surface area contributed by atoms with Crippen molar-refractivity contribution in [3.05, 3.63) is 99.4 Å². The number of nitrogens with zero attached hydrogens (tertiary/aromatic N) is 3. The highest BCUT2D eigenvalue weighted by molar-refractivity contribution is 5.82. The van der Waals surface area contributed by atoms with E-state index in [0.29, 0.717) is 39.0 Å². The Balaban J connectivity index is 1.34. The lowest BCUT2D eigenvalue weighted by atomic mass is 9.83. The van der Waals surface area contributed by atoms with Crippen LogP contribution in [0.4, 0.5) is 15.8 Å². The minimum absolute atomic E-state index is 0.0347. The van der Waals surface area contributed by atoms with Crippen molar-refractivity contribution in [1.82, 2.24) is 10.2 Å². The van der Waals surface area contributed by atoms with Gasteiger partial charge in [0.15, 0.2) is 0 Å². The van der Waals surface area contributed by atoms with Crippen LogP contribution in [0.5, 0.6) is 5.75 Å². The van der Waals surface area contributed by atoms with Gasteiger partial charge in [-0.05, 0) is 53.8 Å². The Hall–Kier alpha value is -3.98. The van der Waals surface area contributed by atoms with E-state index < -0.39 is 4.92 Å². The number of rotatable bonds is 8. The zero-order valence-corrected chi connectivity index (χ0v) is 21.3. The number of nitro benzene ring substituents is 1. The van der Waals surface area contributed by atoms with Gasteiger partial charge in [-0.25, -0.2) is 4.39 Å². The standard InChI is InChI=1S/C29H31FN4O4/c1-38-28-5-3-2-4-21(28)12-13-31-29(35)25-17-22-16-24(34(36)37)10-11-26(22)33-15-14-32(19-27(25)33)18-20-6-8-23(30)9-7-20/h2-11,16,25,27H,12-15,17-19H2,1H3,(H,31,35). The van der Waals surface area contributed by atoms with Gasteiger partial charge in [-0.15, -0.1) is 0 Å². The lowest BCUT2D eigenvalue weighted by Crippen LogP contribution is -2.61. The average molecular weight is 519 g/mol. The Bertz CT molecular complexity index is 1320. The number of anilines is 1. The summed E-state index contributed by atoms with van der Waals surface area (Å²) >= 11 is 0. The molecule has 9 heteroatoms. The molecule has 2 unspecified atom stereocenters. The number of hydrogen-bond donors (Lipinski definition) is 1. The number of nitro groups is 1. The predicted molar refractivity (Wildman–Crippen MR) is 143 cm³/mol. The lowest BCUT2D eigenvalue weighted by molar-refractivity contribution is -0.384. The van der Waals surface area contributed by atoms with E-state index in [1.807, 2.05) is 30.3 Å². The van der Waals surface area contributed by atoms with Gasteiger partial charge >= 0.3 is 0 Å². The first-order valence-electron chi connectivity index (χ1n) is 12.8. The number of amides is 1. The second-order valence-electron chi connectivity index (χ2n) is 9.86. The van der Waals surface area contributed by atoms with E-state index in [2.05, 4.69) is 15.1 Å². The van der Waals surface area contributed by atoms with E-state index >= 15 is 0 Å². The third-order valence-corrected chi connectivity index (χ3v) is 7.53. The van der Waals surface area contributed by atoms with Gasteiger partial charge in [0.2, 0.25) is 5.91 Å². The average Bonchev–Trinajstić information content (AvgIpc) is 2.93. The fourth-order valence-corrected chi connectivity index (χ4v) is 5.64. The summed E-state index contributed by atoms with van der Waals surface area (Å²) in [5, 5.41) is 14.5. The van der Waals surface area contributed by atoms with Gasteiger partial charge in [-0.2, -0.15) is 0 Å². The molecule has 0 saturated carbocycles. The molecule has 1 N–H and O–H groups in total. The van der Waals surface area contributed by atoms with Crippen molar-refractivity contribution in [2.24, 2.45) is 5.92 Å². The fourth-order valence-electron chi connectivity index (χ4n) is 5.64. The molecular formula is C29H31FN4O4. The molecule has 2 aliphatic rings. The third kappa shape index (κ3) is 5.47. The van der Waals surface area contributed by atoms with Gasteiger partial charge < -0.3 is 15.0 Å². The Morgan fingerprint density at radius 2 is 1.92 bits per heavy atom. The van der Waals surface area contributed by atoms with Gasteiger partial charge in [-0.1, -0.05) is 30.3 Å². The molecule has 3 aromatic rings. The maximum Gasteiger partial charge on any atom is 0.269 e. The summed E-state index contributed by atoms with van der Waals surface area (Å²) in [6.45, 7) is 3.26. The quantitative estimate of drug-likeness (QED) is 0.359. The number of para-hydroxylation sites is 1. The van der Waals surface area contributed by atoms with Gasteiger partial charge in [-0.3, -0.25) is 19.8 Å². The van der Waals surface area contributed by atoms with Crippen molar-refractivity contribution in [2.45, 2.75) is 25.4 Å². The van der Waals surface area contributed by atoms with Gasteiger partial charge in [0, 0.05) is 50.5 Å². The zero-order chi connectivity index (χ0) is 26.6. The molecule has 0 radical (unpaired) electrons. The monoisotopic (exact) mass is 518 g/mol. The molecule has 198 valence electrons. The van der Waals surface area contributed by atoms with Crippen molar-refractivity contribution in [1.29, 1.82) is 0 Å². The highest BCUT2D eigenvalue weighted by Crippen LogP contribution is 2.38. The van der Waals surface area contributed by atoms with Gasteiger partial charge in [0.25, 0.3) is 5.69 Å². The molecule has 2 atom stereocenters. The first kappa shape index (κ1) is 25.7. The van der Waals surface area contributed by atoms with Crippen LogP contribution in [0.25, 0.3) is 0 Å². The molecule has 0 bridgehead atoms. The minimum Gasteiger partial charge on any atom is -0.496 e. The van der Waals surface area contributed by atoms with E-state index in [1.165, 1.54) is 18.2 Å². The van der Waals surface area contributed by atoms with Crippen LogP contribution in [0.2, 0.25) is 0 Å². The van der Waals surface area contributed by atoms with Crippen LogP contribution in [0.1, 0.15) is 16.7 Å². The van der Waals surface area contributed by atoms with Crippen LogP contribution in [0.15, 0.2) is 66.7 Å². The van der Waals surface area contributed by atoms with Crippen LogP contribution in [0.3, 0.4) is 0 Å². The molecule has 2 heterocycles. The fraction of sp³-hybridized carbons (Fsp3) is 0.345. The SMILES string of the molecule is COc1ccccc1CCNC(=O)C1Cc2cc([N+](=O)[O-])ccc2N2CCN(Cc3ccc(F)cc3)CC12. The largest absolute Gasteiger partial charge is 0.496 e. The number of carbonyl (C=O) groups excluding carboxylic acids is 1. The smallest absolute Gasteiger partial charge is 0.269 e. The molecule has 1 saturated heterocycles. The van der Waals surface area contributed by atoms with E-state index in [9.17, 15) is 19.3 Å². The van der Waals surface area contributed by atoms with E-state index in [0.717, 1.165) is 34.7 Å². The number of nitrogens with one attached hydrogen (secondary N) is 1. The number of fused-ring (bicyclic) bond motifs is 3. The highest BCUT2D eigenvalue weighted by Gasteiger charge is 2.41. The normalized spacial score (nSPS) is 18.8. The van der Waals surface area contributed by atoms with Crippen molar-refractivity contribution >= 4 is 17.3 Å². The molecular weight excluding hydrogens is 487 g/mol. The molecule has 0 aliphatic carbocycles. The molecule has 1 fully saturated rings. The number of methoxy groups -OCH3 is 1. The maximum atomic E-state index is 13.6. The second kappa shape index (κ2) is 11.2. The second-order valence-corrected chi connectivity index (χ2v) is 9.86. The summed E-state index contributed by atoms with van der Waals surface area (Å²) in [4.78, 5) is 29.1. The molecule has 38 heavy (non-hydrogen) atoms. The number of halogens is 1. The first-order chi connectivity index (χ1) is 18.4. The Morgan fingerprint density at radius 1 is 1.13 bits per heavy atom. The van der Waals surface area contributed by atoms with Crippen molar-refractivity contribution in [2.75, 3.05) is 38.2 Å². The number of hydrogen-bond acceptors (Lipinski definition) is 6. The van der Waals surface area contributed by atoms with Crippen LogP contribution in [0, 0.1) is 21.8 Å². The Labute approximate surface area is 221 Å². The van der Waals surface area contributed by atoms with Crippen LogP contribution < -0.4 is 15.0 Å². The lowest BCUT2D eigenvalue weighted by Gasteiger charge is -2.49. The van der Waals surface area contributed by atoms with Crippen LogP contribution in [-0.2, 0) is 24.2 Å². The zero-order valence-electron chi connectivity index (χ0n) is 21.3.